The summed E-state index contributed by atoms with van der Waals surface area (Å²) >= 11 is 0. The average molecular weight is 322 g/mol. The van der Waals surface area contributed by atoms with E-state index in [9.17, 15) is 14.4 Å². The first-order valence-corrected chi connectivity index (χ1v) is 8.86. The van der Waals surface area contributed by atoms with Gasteiger partial charge in [0.2, 0.25) is 5.91 Å². The van der Waals surface area contributed by atoms with Gasteiger partial charge in [-0.3, -0.25) is 19.7 Å². The summed E-state index contributed by atoms with van der Waals surface area (Å²) in [5, 5.41) is 6.42. The van der Waals surface area contributed by atoms with Crippen LogP contribution in [0.2, 0.25) is 0 Å². The van der Waals surface area contributed by atoms with Crippen LogP contribution in [0, 0.1) is 0 Å². The minimum absolute atomic E-state index is 0.0448. The quantitative estimate of drug-likeness (QED) is 0.760. The lowest BCUT2D eigenvalue weighted by Crippen LogP contribution is -2.63. The number of rotatable bonds is 4. The van der Waals surface area contributed by atoms with Gasteiger partial charge in [0.15, 0.2) is 0 Å². The summed E-state index contributed by atoms with van der Waals surface area (Å²) in [6, 6.07) is -0.205. The second-order valence-corrected chi connectivity index (χ2v) is 7.08. The van der Waals surface area contributed by atoms with Gasteiger partial charge in [0.25, 0.3) is 0 Å². The van der Waals surface area contributed by atoms with Gasteiger partial charge >= 0.3 is 5.97 Å². The van der Waals surface area contributed by atoms with Gasteiger partial charge in [-0.1, -0.05) is 19.3 Å². The zero-order valence-corrected chi connectivity index (χ0v) is 13.6. The first-order valence-electron chi connectivity index (χ1n) is 8.86. The predicted octanol–water partition coefficient (Wildman–Crippen LogP) is 1.22. The Balaban J connectivity index is 1.69. The Morgan fingerprint density at radius 3 is 2.35 bits per heavy atom. The summed E-state index contributed by atoms with van der Waals surface area (Å²) in [4.78, 5) is 36.3. The maximum Gasteiger partial charge on any atom is 0.323 e. The number of ether oxygens (including phenoxy) is 1. The fourth-order valence-electron chi connectivity index (χ4n) is 3.92. The number of carbonyl (C=O) groups is 3. The molecule has 2 saturated carbocycles. The van der Waals surface area contributed by atoms with Crippen LogP contribution in [0.3, 0.4) is 0 Å². The molecule has 1 aliphatic heterocycles. The Kier molecular flexibility index (Phi) is 4.99. The molecule has 1 atom stereocenters. The molecule has 0 unspecified atom stereocenters. The van der Waals surface area contributed by atoms with Crippen LogP contribution in [0.1, 0.15) is 64.2 Å². The molecule has 2 aliphatic carbocycles. The zero-order chi connectivity index (χ0) is 16.3. The highest BCUT2D eigenvalue weighted by molar-refractivity contribution is 5.91. The molecule has 23 heavy (non-hydrogen) atoms. The van der Waals surface area contributed by atoms with Crippen molar-refractivity contribution in [1.29, 1.82) is 0 Å². The van der Waals surface area contributed by atoms with Crippen molar-refractivity contribution in [3.63, 3.8) is 0 Å². The van der Waals surface area contributed by atoms with E-state index in [2.05, 4.69) is 10.6 Å². The highest BCUT2D eigenvalue weighted by atomic mass is 16.5. The second kappa shape index (κ2) is 6.99. The summed E-state index contributed by atoms with van der Waals surface area (Å²) in [5.74, 6) is -0.134. The SMILES string of the molecule is O=C1CCC(N[C@H]2CCOC2=O)(C(=O)NC2CCCCC2)CC1. The monoisotopic (exact) mass is 322 g/mol. The largest absolute Gasteiger partial charge is 0.464 e. The lowest BCUT2D eigenvalue weighted by atomic mass is 9.79. The van der Waals surface area contributed by atoms with Crippen molar-refractivity contribution in [1.82, 2.24) is 10.6 Å². The summed E-state index contributed by atoms with van der Waals surface area (Å²) in [5.41, 5.74) is -0.806. The Labute approximate surface area is 136 Å². The molecule has 0 aromatic heterocycles. The van der Waals surface area contributed by atoms with Crippen LogP contribution in [0.5, 0.6) is 0 Å². The molecule has 2 N–H and O–H groups in total. The minimum Gasteiger partial charge on any atom is -0.464 e. The van der Waals surface area contributed by atoms with E-state index < -0.39 is 11.6 Å². The molecule has 6 heteroatoms. The smallest absolute Gasteiger partial charge is 0.323 e. The van der Waals surface area contributed by atoms with Crippen molar-refractivity contribution in [3.8, 4) is 0 Å². The normalized spacial score (nSPS) is 28.4. The summed E-state index contributed by atoms with van der Waals surface area (Å²) in [7, 11) is 0. The number of nitrogens with one attached hydrogen (secondary N) is 2. The first-order chi connectivity index (χ1) is 11.1. The van der Waals surface area contributed by atoms with Crippen molar-refractivity contribution in [2.24, 2.45) is 0 Å². The number of esters is 1. The molecule has 3 fully saturated rings. The molecule has 0 bridgehead atoms. The first kappa shape index (κ1) is 16.4. The van der Waals surface area contributed by atoms with Gasteiger partial charge in [-0.25, -0.2) is 0 Å². The van der Waals surface area contributed by atoms with Crippen LogP contribution in [-0.2, 0) is 19.1 Å². The second-order valence-electron chi connectivity index (χ2n) is 7.08. The highest BCUT2D eigenvalue weighted by Crippen LogP contribution is 2.29. The Morgan fingerprint density at radius 2 is 1.74 bits per heavy atom. The van der Waals surface area contributed by atoms with Gasteiger partial charge in [0.1, 0.15) is 11.8 Å². The fourth-order valence-corrected chi connectivity index (χ4v) is 3.92. The molecule has 1 amide bonds. The van der Waals surface area contributed by atoms with Gasteiger partial charge in [-0.05, 0) is 25.7 Å². The van der Waals surface area contributed by atoms with Crippen molar-refractivity contribution in [2.75, 3.05) is 6.61 Å². The van der Waals surface area contributed by atoms with Crippen LogP contribution in [0.15, 0.2) is 0 Å². The maximum absolute atomic E-state index is 13.0. The lowest BCUT2D eigenvalue weighted by molar-refractivity contribution is -0.141. The van der Waals surface area contributed by atoms with E-state index in [1.54, 1.807) is 0 Å². The molecule has 3 rings (SSSR count). The van der Waals surface area contributed by atoms with Crippen LogP contribution in [0.25, 0.3) is 0 Å². The zero-order valence-electron chi connectivity index (χ0n) is 13.6. The molecule has 6 nitrogen and oxygen atoms in total. The third-order valence-electron chi connectivity index (χ3n) is 5.42. The molecule has 0 spiro atoms. The molecule has 3 aliphatic rings. The number of cyclic esters (lactones) is 1. The number of hydrogen-bond acceptors (Lipinski definition) is 5. The summed E-state index contributed by atoms with van der Waals surface area (Å²) in [6.45, 7) is 0.399. The molecule has 0 aromatic carbocycles. The standard InChI is InChI=1S/C17H26N2O4/c20-13-6-9-17(10-7-13,19-14-8-11-23-15(14)21)16(22)18-12-4-2-1-3-5-12/h12,14,19H,1-11H2,(H,18,22)/t14-/m0/s1. The molecular formula is C17H26N2O4. The van der Waals surface area contributed by atoms with Crippen molar-refractivity contribution in [3.05, 3.63) is 0 Å². The predicted molar refractivity (Wildman–Crippen MR) is 83.7 cm³/mol. The van der Waals surface area contributed by atoms with Crippen LogP contribution in [-0.4, -0.2) is 41.9 Å². The van der Waals surface area contributed by atoms with Crippen LogP contribution in [0.4, 0.5) is 0 Å². The lowest BCUT2D eigenvalue weighted by Gasteiger charge is -2.39. The Morgan fingerprint density at radius 1 is 1.04 bits per heavy atom. The third kappa shape index (κ3) is 3.74. The van der Waals surface area contributed by atoms with E-state index in [4.69, 9.17) is 4.74 Å². The molecule has 128 valence electrons. The van der Waals surface area contributed by atoms with E-state index in [-0.39, 0.29) is 23.7 Å². The number of hydrogen-bond donors (Lipinski definition) is 2. The van der Waals surface area contributed by atoms with Crippen LogP contribution >= 0.6 is 0 Å². The molecule has 0 radical (unpaired) electrons. The van der Waals surface area contributed by atoms with Crippen molar-refractivity contribution in [2.45, 2.75) is 81.8 Å². The van der Waals surface area contributed by atoms with E-state index in [1.807, 2.05) is 0 Å². The van der Waals surface area contributed by atoms with Crippen molar-refractivity contribution >= 4 is 17.7 Å². The molecule has 1 saturated heterocycles. The number of ketones is 1. The number of carbonyl (C=O) groups excluding carboxylic acids is 3. The fraction of sp³-hybridized carbons (Fsp3) is 0.824. The van der Waals surface area contributed by atoms with Gasteiger partial charge in [0, 0.05) is 25.3 Å². The Hall–Kier alpha value is -1.43. The topological polar surface area (TPSA) is 84.5 Å². The van der Waals surface area contributed by atoms with E-state index >= 15 is 0 Å². The third-order valence-corrected chi connectivity index (χ3v) is 5.42. The van der Waals surface area contributed by atoms with Crippen molar-refractivity contribution < 1.29 is 19.1 Å². The molecule has 0 aromatic rings. The van der Waals surface area contributed by atoms with E-state index in [0.717, 1.165) is 25.7 Å². The average Bonchev–Trinajstić information content (AvgIpc) is 2.95. The van der Waals surface area contributed by atoms with E-state index in [1.165, 1.54) is 6.42 Å². The van der Waals surface area contributed by atoms with Gasteiger partial charge in [-0.15, -0.1) is 0 Å². The highest BCUT2D eigenvalue weighted by Gasteiger charge is 2.45. The summed E-state index contributed by atoms with van der Waals surface area (Å²) in [6.07, 6.45) is 7.89. The van der Waals surface area contributed by atoms with Crippen LogP contribution < -0.4 is 10.6 Å². The van der Waals surface area contributed by atoms with E-state index in [0.29, 0.717) is 38.7 Å². The Bertz CT molecular complexity index is 475. The number of Topliss-reactive ketones (excluding diaryl/α,β-unsaturated/α-hetero) is 1. The minimum atomic E-state index is -0.806. The van der Waals surface area contributed by atoms with Gasteiger partial charge in [0.05, 0.1) is 12.1 Å². The number of amides is 1. The van der Waals surface area contributed by atoms with Gasteiger partial charge < -0.3 is 10.1 Å². The molecular weight excluding hydrogens is 296 g/mol. The van der Waals surface area contributed by atoms with Gasteiger partial charge in [-0.2, -0.15) is 0 Å². The summed E-state index contributed by atoms with van der Waals surface area (Å²) < 4.78 is 5.00. The molecule has 1 heterocycles. The maximum atomic E-state index is 13.0.